The van der Waals surface area contributed by atoms with Crippen LogP contribution in [0.25, 0.3) is 0 Å². The zero-order chi connectivity index (χ0) is 16.0. The average molecular weight is 323 g/mol. The second-order valence-corrected chi connectivity index (χ2v) is 5.10. The molecule has 0 aliphatic rings. The van der Waals surface area contributed by atoms with Crippen LogP contribution in [0.2, 0.25) is 5.02 Å². The molecule has 0 bridgehead atoms. The Bertz CT molecular complexity index is 488. The van der Waals surface area contributed by atoms with Crippen LogP contribution in [0.15, 0.2) is 18.2 Å². The van der Waals surface area contributed by atoms with Crippen LogP contribution in [0.4, 0.5) is 18.9 Å². The molecular formula is C14H18ClF3N2O. The molecule has 0 unspecified atom stereocenters. The predicted octanol–water partition coefficient (Wildman–Crippen LogP) is 4.08. The van der Waals surface area contributed by atoms with E-state index in [4.69, 9.17) is 11.6 Å². The molecule has 0 spiro atoms. The summed E-state index contributed by atoms with van der Waals surface area (Å²) in [6.45, 7) is 3.80. The lowest BCUT2D eigenvalue weighted by molar-refractivity contribution is -0.137. The van der Waals surface area contributed by atoms with Crippen molar-refractivity contribution in [2.75, 3.05) is 11.9 Å². The zero-order valence-corrected chi connectivity index (χ0v) is 12.6. The Morgan fingerprint density at radius 2 is 1.86 bits per heavy atom. The van der Waals surface area contributed by atoms with Crippen molar-refractivity contribution in [3.63, 3.8) is 0 Å². The molecule has 0 aliphatic carbocycles. The Labute approximate surface area is 126 Å². The van der Waals surface area contributed by atoms with E-state index in [1.165, 1.54) is 6.07 Å². The van der Waals surface area contributed by atoms with E-state index in [1.807, 2.05) is 13.8 Å². The molecule has 1 aromatic rings. The number of nitrogens with one attached hydrogen (secondary N) is 2. The van der Waals surface area contributed by atoms with Crippen LogP contribution in [-0.2, 0) is 11.0 Å². The van der Waals surface area contributed by atoms with Crippen LogP contribution in [0, 0.1) is 0 Å². The minimum absolute atomic E-state index is 0.0345. The minimum atomic E-state index is -4.47. The van der Waals surface area contributed by atoms with Crippen molar-refractivity contribution in [2.45, 2.75) is 38.9 Å². The van der Waals surface area contributed by atoms with E-state index in [0.717, 1.165) is 25.0 Å². The van der Waals surface area contributed by atoms with E-state index in [1.54, 1.807) is 0 Å². The number of rotatable bonds is 6. The molecule has 0 radical (unpaired) electrons. The topological polar surface area (TPSA) is 41.1 Å². The van der Waals surface area contributed by atoms with Crippen molar-refractivity contribution in [1.29, 1.82) is 0 Å². The molecule has 21 heavy (non-hydrogen) atoms. The van der Waals surface area contributed by atoms with Crippen LogP contribution in [-0.4, -0.2) is 18.5 Å². The zero-order valence-electron chi connectivity index (χ0n) is 11.9. The first-order valence-electron chi connectivity index (χ1n) is 6.67. The summed E-state index contributed by atoms with van der Waals surface area (Å²) in [5, 5.41) is 5.41. The molecule has 7 heteroatoms. The van der Waals surface area contributed by atoms with E-state index in [2.05, 4.69) is 10.6 Å². The molecule has 3 nitrogen and oxygen atoms in total. The number of alkyl halides is 3. The van der Waals surface area contributed by atoms with Crippen LogP contribution >= 0.6 is 11.6 Å². The van der Waals surface area contributed by atoms with Crippen molar-refractivity contribution in [3.8, 4) is 0 Å². The van der Waals surface area contributed by atoms with Gasteiger partial charge in [0.1, 0.15) is 0 Å². The Morgan fingerprint density at radius 3 is 2.38 bits per heavy atom. The largest absolute Gasteiger partial charge is 0.416 e. The normalized spacial score (nSPS) is 11.6. The van der Waals surface area contributed by atoms with Gasteiger partial charge in [-0.15, -0.1) is 0 Å². The van der Waals surface area contributed by atoms with Gasteiger partial charge in [0.05, 0.1) is 12.1 Å². The molecule has 0 saturated carbocycles. The Hall–Kier alpha value is -1.43. The van der Waals surface area contributed by atoms with Crippen LogP contribution in [0.1, 0.15) is 32.3 Å². The lowest BCUT2D eigenvalue weighted by Crippen LogP contribution is -2.37. The minimum Gasteiger partial charge on any atom is -0.376 e. The highest BCUT2D eigenvalue weighted by molar-refractivity contribution is 6.30. The molecule has 2 N–H and O–H groups in total. The first-order chi connectivity index (χ1) is 9.76. The average Bonchev–Trinajstić information content (AvgIpc) is 2.41. The summed E-state index contributed by atoms with van der Waals surface area (Å²) in [5.41, 5.74) is -0.688. The number of hydrogen-bond donors (Lipinski definition) is 2. The first kappa shape index (κ1) is 17.6. The van der Waals surface area contributed by atoms with Gasteiger partial charge in [-0.05, 0) is 31.0 Å². The highest BCUT2D eigenvalue weighted by Crippen LogP contribution is 2.33. The molecule has 0 saturated heterocycles. The molecule has 0 aliphatic heterocycles. The summed E-state index contributed by atoms with van der Waals surface area (Å²) >= 11 is 5.66. The van der Waals surface area contributed by atoms with E-state index in [9.17, 15) is 18.0 Å². The fourth-order valence-electron chi connectivity index (χ4n) is 1.81. The van der Waals surface area contributed by atoms with Gasteiger partial charge in [-0.25, -0.2) is 0 Å². The number of carbonyl (C=O) groups is 1. The van der Waals surface area contributed by atoms with E-state index >= 15 is 0 Å². The summed E-state index contributed by atoms with van der Waals surface area (Å²) in [7, 11) is 0. The summed E-state index contributed by atoms with van der Waals surface area (Å²) < 4.78 is 37.9. The Balaban J connectivity index is 2.67. The van der Waals surface area contributed by atoms with Gasteiger partial charge in [-0.1, -0.05) is 25.4 Å². The molecule has 0 aromatic heterocycles. The molecule has 0 fully saturated rings. The van der Waals surface area contributed by atoms with Crippen molar-refractivity contribution in [2.24, 2.45) is 0 Å². The molecule has 0 atom stereocenters. The quantitative estimate of drug-likeness (QED) is 0.828. The van der Waals surface area contributed by atoms with E-state index < -0.39 is 11.7 Å². The number of halogens is 4. The van der Waals surface area contributed by atoms with Gasteiger partial charge < -0.3 is 10.6 Å². The maximum atomic E-state index is 12.6. The third kappa shape index (κ3) is 5.83. The van der Waals surface area contributed by atoms with Gasteiger partial charge in [0.2, 0.25) is 5.91 Å². The van der Waals surface area contributed by atoms with Crippen LogP contribution in [0.5, 0.6) is 0 Å². The Kier molecular flexibility index (Phi) is 6.33. The fourth-order valence-corrected chi connectivity index (χ4v) is 2.04. The maximum Gasteiger partial charge on any atom is 0.416 e. The van der Waals surface area contributed by atoms with E-state index in [-0.39, 0.29) is 29.2 Å². The third-order valence-electron chi connectivity index (χ3n) is 3.03. The van der Waals surface area contributed by atoms with E-state index in [0.29, 0.717) is 0 Å². The number of anilines is 1. The SMILES string of the molecule is CCC(CC)NC(=O)CNc1cc(Cl)cc(C(F)(F)F)c1. The summed E-state index contributed by atoms with van der Waals surface area (Å²) in [6, 6.07) is 3.19. The standard InChI is InChI=1S/C14H18ClF3N2O/c1-3-11(4-2)20-13(21)8-19-12-6-9(14(16,17)18)5-10(15)7-12/h5-7,11,19H,3-4,8H2,1-2H3,(H,20,21). The van der Waals surface area contributed by atoms with Gasteiger partial charge in [0.15, 0.2) is 0 Å². The second-order valence-electron chi connectivity index (χ2n) is 4.66. The summed E-state index contributed by atoms with van der Waals surface area (Å²) in [4.78, 5) is 11.7. The summed E-state index contributed by atoms with van der Waals surface area (Å²) in [6.07, 6.45) is -2.87. The first-order valence-corrected chi connectivity index (χ1v) is 7.05. The lowest BCUT2D eigenvalue weighted by atomic mass is 10.1. The van der Waals surface area contributed by atoms with Gasteiger partial charge in [-0.2, -0.15) is 13.2 Å². The van der Waals surface area contributed by atoms with Crippen LogP contribution in [0.3, 0.4) is 0 Å². The third-order valence-corrected chi connectivity index (χ3v) is 3.25. The number of hydrogen-bond acceptors (Lipinski definition) is 2. The number of amides is 1. The monoisotopic (exact) mass is 322 g/mol. The van der Waals surface area contributed by atoms with Gasteiger partial charge in [0.25, 0.3) is 0 Å². The molecule has 118 valence electrons. The molecule has 1 aromatic carbocycles. The number of benzene rings is 1. The Morgan fingerprint density at radius 1 is 1.24 bits per heavy atom. The van der Waals surface area contributed by atoms with Crippen molar-refractivity contribution < 1.29 is 18.0 Å². The second kappa shape index (κ2) is 7.54. The molecule has 0 heterocycles. The van der Waals surface area contributed by atoms with Crippen molar-refractivity contribution in [3.05, 3.63) is 28.8 Å². The number of carbonyl (C=O) groups excluding carboxylic acids is 1. The van der Waals surface area contributed by atoms with Gasteiger partial charge in [-0.3, -0.25) is 4.79 Å². The van der Waals surface area contributed by atoms with Crippen molar-refractivity contribution >= 4 is 23.2 Å². The lowest BCUT2D eigenvalue weighted by Gasteiger charge is -2.16. The molecule has 1 amide bonds. The highest BCUT2D eigenvalue weighted by Gasteiger charge is 2.31. The molecular weight excluding hydrogens is 305 g/mol. The van der Waals surface area contributed by atoms with Crippen LogP contribution < -0.4 is 10.6 Å². The molecule has 1 rings (SSSR count). The smallest absolute Gasteiger partial charge is 0.376 e. The maximum absolute atomic E-state index is 12.6. The summed E-state index contributed by atoms with van der Waals surface area (Å²) in [5.74, 6) is -0.266. The van der Waals surface area contributed by atoms with Gasteiger partial charge in [0, 0.05) is 16.8 Å². The predicted molar refractivity (Wildman–Crippen MR) is 77.5 cm³/mol. The highest BCUT2D eigenvalue weighted by atomic mass is 35.5. The van der Waals surface area contributed by atoms with Gasteiger partial charge >= 0.3 is 6.18 Å². The fraction of sp³-hybridized carbons (Fsp3) is 0.500. The van der Waals surface area contributed by atoms with Crippen molar-refractivity contribution in [1.82, 2.24) is 5.32 Å².